The lowest BCUT2D eigenvalue weighted by molar-refractivity contribution is -0.337. The van der Waals surface area contributed by atoms with E-state index in [1.165, 1.54) is 0 Å². The molecule has 0 aliphatic carbocycles. The van der Waals surface area contributed by atoms with Crippen LogP contribution in [0, 0.1) is 0 Å². The van der Waals surface area contributed by atoms with E-state index in [1.54, 1.807) is 0 Å². The smallest absolute Gasteiger partial charge is 0.348 e. The molecule has 0 saturated carbocycles. The van der Waals surface area contributed by atoms with Gasteiger partial charge in [0.15, 0.2) is 0 Å². The quantitative estimate of drug-likeness (QED) is 0.220. The number of aliphatic hydroxyl groups is 3. The fourth-order valence-electron chi connectivity index (χ4n) is 1.08. The number of ether oxygens (including phenoxy) is 2. The SMILES string of the molecule is O=C(O)CCCCC(=O)OC(O)(O)COCCO. The minimum atomic E-state index is -2.74. The molecule has 0 saturated heterocycles. The van der Waals surface area contributed by atoms with Crippen LogP contribution in [0.15, 0.2) is 0 Å². The Balaban J connectivity index is 3.74. The van der Waals surface area contributed by atoms with Gasteiger partial charge in [-0.3, -0.25) is 9.59 Å². The first kappa shape index (κ1) is 16.8. The number of carboxylic acid groups (broad SMARTS) is 1. The lowest BCUT2D eigenvalue weighted by Gasteiger charge is -2.21. The average molecular weight is 266 g/mol. The molecule has 0 aromatic rings. The van der Waals surface area contributed by atoms with Gasteiger partial charge in [-0.2, -0.15) is 0 Å². The maximum atomic E-state index is 11.1. The van der Waals surface area contributed by atoms with Crippen molar-refractivity contribution in [3.05, 3.63) is 0 Å². The van der Waals surface area contributed by atoms with Gasteiger partial charge in [-0.15, -0.1) is 0 Å². The van der Waals surface area contributed by atoms with E-state index in [4.69, 9.17) is 20.4 Å². The van der Waals surface area contributed by atoms with Gasteiger partial charge >= 0.3 is 17.9 Å². The van der Waals surface area contributed by atoms with Crippen LogP contribution < -0.4 is 0 Å². The van der Waals surface area contributed by atoms with E-state index in [2.05, 4.69) is 9.47 Å². The number of aliphatic carboxylic acids is 1. The summed E-state index contributed by atoms with van der Waals surface area (Å²) in [5.41, 5.74) is 0. The zero-order valence-electron chi connectivity index (χ0n) is 9.87. The number of carboxylic acids is 1. The summed E-state index contributed by atoms with van der Waals surface area (Å²) in [4.78, 5) is 21.3. The van der Waals surface area contributed by atoms with Crippen LogP contribution in [0.1, 0.15) is 25.7 Å². The highest BCUT2D eigenvalue weighted by molar-refractivity contribution is 5.70. The van der Waals surface area contributed by atoms with Crippen LogP contribution >= 0.6 is 0 Å². The molecular formula is C10H18O8. The van der Waals surface area contributed by atoms with Crippen molar-refractivity contribution in [1.82, 2.24) is 0 Å². The predicted molar refractivity (Wildman–Crippen MR) is 57.3 cm³/mol. The van der Waals surface area contributed by atoms with Gasteiger partial charge in [0.05, 0.1) is 13.2 Å². The first-order valence-electron chi connectivity index (χ1n) is 5.44. The monoisotopic (exact) mass is 266 g/mol. The Morgan fingerprint density at radius 1 is 1.11 bits per heavy atom. The van der Waals surface area contributed by atoms with E-state index in [-0.39, 0.29) is 32.5 Å². The summed E-state index contributed by atoms with van der Waals surface area (Å²) in [6.45, 7) is -1.08. The molecule has 0 atom stereocenters. The summed E-state index contributed by atoms with van der Waals surface area (Å²) in [5.74, 6) is -4.56. The second-order valence-electron chi connectivity index (χ2n) is 3.59. The lowest BCUT2D eigenvalue weighted by Crippen LogP contribution is -2.39. The van der Waals surface area contributed by atoms with Crippen LogP contribution in [0.4, 0.5) is 0 Å². The molecule has 0 fully saturated rings. The third-order valence-electron chi connectivity index (χ3n) is 1.82. The number of aliphatic hydroxyl groups excluding tert-OH is 1. The molecule has 0 aromatic heterocycles. The summed E-state index contributed by atoms with van der Waals surface area (Å²) < 4.78 is 8.91. The van der Waals surface area contributed by atoms with Crippen molar-refractivity contribution in [2.75, 3.05) is 19.8 Å². The molecule has 0 radical (unpaired) electrons. The zero-order valence-corrected chi connectivity index (χ0v) is 9.87. The van der Waals surface area contributed by atoms with Crippen molar-refractivity contribution >= 4 is 11.9 Å². The molecule has 0 unspecified atom stereocenters. The van der Waals surface area contributed by atoms with E-state index in [0.29, 0.717) is 6.42 Å². The van der Waals surface area contributed by atoms with Crippen molar-refractivity contribution < 1.29 is 39.5 Å². The van der Waals surface area contributed by atoms with Gasteiger partial charge in [0.25, 0.3) is 0 Å². The zero-order chi connectivity index (χ0) is 14.0. The molecular weight excluding hydrogens is 248 g/mol. The minimum Gasteiger partial charge on any atom is -0.481 e. The number of hydrogen-bond donors (Lipinski definition) is 4. The first-order valence-corrected chi connectivity index (χ1v) is 5.44. The number of esters is 1. The largest absolute Gasteiger partial charge is 0.481 e. The highest BCUT2D eigenvalue weighted by Gasteiger charge is 2.28. The van der Waals surface area contributed by atoms with E-state index in [1.807, 2.05) is 0 Å². The van der Waals surface area contributed by atoms with Crippen LogP contribution in [0.5, 0.6) is 0 Å². The number of carbonyl (C=O) groups is 2. The van der Waals surface area contributed by atoms with Crippen molar-refractivity contribution in [3.63, 3.8) is 0 Å². The molecule has 0 bridgehead atoms. The van der Waals surface area contributed by atoms with Crippen LogP contribution in [0.3, 0.4) is 0 Å². The molecule has 0 spiro atoms. The highest BCUT2D eigenvalue weighted by atomic mass is 16.8. The van der Waals surface area contributed by atoms with E-state index >= 15 is 0 Å². The normalized spacial score (nSPS) is 11.3. The fraction of sp³-hybridized carbons (Fsp3) is 0.800. The van der Waals surface area contributed by atoms with Crippen LogP contribution in [0.2, 0.25) is 0 Å². The topological polar surface area (TPSA) is 134 Å². The predicted octanol–water partition coefficient (Wildman–Crippen LogP) is -1.18. The van der Waals surface area contributed by atoms with Crippen molar-refractivity contribution in [3.8, 4) is 0 Å². The Morgan fingerprint density at radius 3 is 2.28 bits per heavy atom. The van der Waals surface area contributed by atoms with Gasteiger partial charge in [0.1, 0.15) is 6.61 Å². The van der Waals surface area contributed by atoms with Gasteiger partial charge in [-0.1, -0.05) is 0 Å². The summed E-state index contributed by atoms with van der Waals surface area (Å²) in [6.07, 6.45) is 0.403. The summed E-state index contributed by atoms with van der Waals surface area (Å²) in [5, 5.41) is 35.1. The van der Waals surface area contributed by atoms with Crippen LogP contribution in [-0.4, -0.2) is 58.2 Å². The molecule has 4 N–H and O–H groups in total. The number of hydrogen-bond acceptors (Lipinski definition) is 7. The molecule has 8 nitrogen and oxygen atoms in total. The van der Waals surface area contributed by atoms with Crippen LogP contribution in [-0.2, 0) is 19.1 Å². The minimum absolute atomic E-state index is 0.0592. The van der Waals surface area contributed by atoms with Crippen molar-refractivity contribution in [2.45, 2.75) is 31.7 Å². The average Bonchev–Trinajstić information content (AvgIpc) is 2.23. The lowest BCUT2D eigenvalue weighted by atomic mass is 10.2. The Hall–Kier alpha value is -1.22. The number of rotatable bonds is 10. The van der Waals surface area contributed by atoms with Gasteiger partial charge in [-0.25, -0.2) is 0 Å². The molecule has 0 rings (SSSR count). The Morgan fingerprint density at radius 2 is 1.72 bits per heavy atom. The van der Waals surface area contributed by atoms with Gasteiger partial charge in [0, 0.05) is 12.8 Å². The van der Waals surface area contributed by atoms with E-state index in [9.17, 15) is 9.59 Å². The molecule has 8 heteroatoms. The van der Waals surface area contributed by atoms with E-state index in [0.717, 1.165) is 0 Å². The van der Waals surface area contributed by atoms with Crippen molar-refractivity contribution in [2.24, 2.45) is 0 Å². The van der Waals surface area contributed by atoms with Gasteiger partial charge in [-0.05, 0) is 12.8 Å². The fourth-order valence-corrected chi connectivity index (χ4v) is 1.08. The number of unbranched alkanes of at least 4 members (excludes halogenated alkanes) is 1. The second-order valence-corrected chi connectivity index (χ2v) is 3.59. The molecule has 0 amide bonds. The first-order chi connectivity index (χ1) is 8.37. The standard InChI is InChI=1S/C10H18O8/c11-5-6-17-7-10(15,16)18-9(14)4-2-1-3-8(12)13/h11,15-16H,1-7H2,(H,12,13). The molecule has 18 heavy (non-hydrogen) atoms. The molecule has 0 heterocycles. The second kappa shape index (κ2) is 8.81. The maximum absolute atomic E-state index is 11.1. The summed E-state index contributed by atoms with van der Waals surface area (Å²) in [7, 11) is 0. The molecule has 0 aliphatic heterocycles. The van der Waals surface area contributed by atoms with Crippen molar-refractivity contribution in [1.29, 1.82) is 0 Å². The maximum Gasteiger partial charge on any atom is 0.348 e. The van der Waals surface area contributed by atoms with Gasteiger partial charge in [0.2, 0.25) is 0 Å². The highest BCUT2D eigenvalue weighted by Crippen LogP contribution is 2.08. The Labute approximate surface area is 104 Å². The summed E-state index contributed by atoms with van der Waals surface area (Å²) in [6, 6.07) is 0. The summed E-state index contributed by atoms with van der Waals surface area (Å²) >= 11 is 0. The van der Waals surface area contributed by atoms with E-state index < -0.39 is 24.5 Å². The Bertz CT molecular complexity index is 263. The third kappa shape index (κ3) is 9.97. The van der Waals surface area contributed by atoms with Gasteiger partial charge < -0.3 is 29.9 Å². The molecule has 0 aliphatic rings. The number of carbonyl (C=O) groups excluding carboxylic acids is 1. The van der Waals surface area contributed by atoms with Crippen LogP contribution in [0.25, 0.3) is 0 Å². The molecule has 0 aromatic carbocycles. The molecule has 106 valence electrons. The Kier molecular flexibility index (Phi) is 8.21. The third-order valence-corrected chi connectivity index (χ3v) is 1.82.